The van der Waals surface area contributed by atoms with Gasteiger partial charge in [-0.3, -0.25) is 0 Å². The fourth-order valence-electron chi connectivity index (χ4n) is 5.22. The molecule has 200 valence electrons. The van der Waals surface area contributed by atoms with Crippen molar-refractivity contribution in [2.45, 2.75) is 77.7 Å². The molecule has 1 aliphatic rings. The highest BCUT2D eigenvalue weighted by Crippen LogP contribution is 2.36. The average Bonchev–Trinajstić information content (AvgIpc) is 3.35. The first-order valence-corrected chi connectivity index (χ1v) is 14.5. The molecule has 1 aromatic carbocycles. The van der Waals surface area contributed by atoms with Crippen molar-refractivity contribution in [3.8, 4) is 22.5 Å². The van der Waals surface area contributed by atoms with E-state index in [4.69, 9.17) is 10.1 Å². The summed E-state index contributed by atoms with van der Waals surface area (Å²) in [6, 6.07) is 17.6. The second-order valence-corrected chi connectivity index (χ2v) is 10.3. The summed E-state index contributed by atoms with van der Waals surface area (Å²) in [6.07, 6.45) is 12.8. The molecule has 0 atom stereocenters. The van der Waals surface area contributed by atoms with Crippen LogP contribution in [0.4, 0.5) is 17.5 Å². The van der Waals surface area contributed by atoms with Crippen molar-refractivity contribution in [2.75, 3.05) is 29.0 Å². The quantitative estimate of drug-likeness (QED) is 0.170. The van der Waals surface area contributed by atoms with Gasteiger partial charge in [-0.15, -0.1) is 0 Å². The van der Waals surface area contributed by atoms with Gasteiger partial charge in [0.15, 0.2) is 0 Å². The normalized spacial score (nSPS) is 14.1. The molecule has 1 saturated carbocycles. The Morgan fingerprint density at radius 3 is 2.39 bits per heavy atom. The maximum atomic E-state index is 5.14. The first kappa shape index (κ1) is 26.0. The van der Waals surface area contributed by atoms with Crippen LogP contribution in [0.2, 0.25) is 0 Å². The van der Waals surface area contributed by atoms with Gasteiger partial charge in [-0.05, 0) is 56.0 Å². The van der Waals surface area contributed by atoms with Gasteiger partial charge in [0.25, 0.3) is 0 Å². The standard InChI is InChI=1S/C31H41N7/c1-3-5-20-32-28-14-10-13-27-29(26-19-22-34-31(36-26)33-21-6-4-2)30(37-38(27)28)23-15-17-25(18-16-23)35-24-11-8-7-9-12-24/h10,13-19,22,24,32,35H,3-9,11-12,20-21H2,1-2H3,(H,33,34,36). The van der Waals surface area contributed by atoms with Crippen molar-refractivity contribution in [2.24, 2.45) is 0 Å². The molecule has 3 aromatic heterocycles. The molecule has 7 heteroatoms. The second kappa shape index (κ2) is 12.8. The van der Waals surface area contributed by atoms with Gasteiger partial charge >= 0.3 is 0 Å². The highest BCUT2D eigenvalue weighted by Gasteiger charge is 2.20. The number of hydrogen-bond acceptors (Lipinski definition) is 6. The van der Waals surface area contributed by atoms with Crippen LogP contribution in [-0.4, -0.2) is 38.7 Å². The largest absolute Gasteiger partial charge is 0.382 e. The van der Waals surface area contributed by atoms with Gasteiger partial charge in [0.05, 0.1) is 16.8 Å². The molecular formula is C31H41N7. The predicted octanol–water partition coefficient (Wildman–Crippen LogP) is 7.63. The number of hydrogen-bond donors (Lipinski definition) is 3. The summed E-state index contributed by atoms with van der Waals surface area (Å²) in [6.45, 7) is 6.18. The highest BCUT2D eigenvalue weighted by atomic mass is 15.3. The maximum absolute atomic E-state index is 5.14. The van der Waals surface area contributed by atoms with Gasteiger partial charge in [-0.2, -0.15) is 5.10 Å². The minimum atomic E-state index is 0.580. The average molecular weight is 512 g/mol. The number of benzene rings is 1. The van der Waals surface area contributed by atoms with Gasteiger partial charge in [-0.25, -0.2) is 14.5 Å². The van der Waals surface area contributed by atoms with Crippen molar-refractivity contribution < 1.29 is 0 Å². The zero-order valence-corrected chi connectivity index (χ0v) is 22.8. The first-order valence-electron chi connectivity index (χ1n) is 14.5. The minimum absolute atomic E-state index is 0.580. The number of fused-ring (bicyclic) bond motifs is 1. The molecule has 0 bridgehead atoms. The third-order valence-electron chi connectivity index (χ3n) is 7.35. The molecule has 1 fully saturated rings. The van der Waals surface area contributed by atoms with Gasteiger partial charge < -0.3 is 16.0 Å². The number of nitrogens with zero attached hydrogens (tertiary/aromatic N) is 4. The van der Waals surface area contributed by atoms with E-state index >= 15 is 0 Å². The Balaban J connectivity index is 1.52. The predicted molar refractivity (Wildman–Crippen MR) is 159 cm³/mol. The second-order valence-electron chi connectivity index (χ2n) is 10.3. The van der Waals surface area contributed by atoms with E-state index in [0.29, 0.717) is 12.0 Å². The molecule has 1 aliphatic carbocycles. The van der Waals surface area contributed by atoms with Gasteiger partial charge in [-0.1, -0.05) is 64.2 Å². The SMILES string of the molecule is CCCCNc1nccc(-c2c(-c3ccc(NC4CCCCC4)cc3)nn3c(NCCCC)cccc23)n1. The highest BCUT2D eigenvalue weighted by molar-refractivity contribution is 5.92. The molecule has 7 nitrogen and oxygen atoms in total. The van der Waals surface area contributed by atoms with Crippen molar-refractivity contribution in [3.05, 3.63) is 54.7 Å². The number of nitrogens with one attached hydrogen (secondary N) is 3. The number of anilines is 3. The molecule has 0 saturated heterocycles. The Hall–Kier alpha value is -3.61. The van der Waals surface area contributed by atoms with Gasteiger partial charge in [0, 0.05) is 36.6 Å². The molecule has 0 spiro atoms. The molecule has 0 amide bonds. The summed E-state index contributed by atoms with van der Waals surface area (Å²) in [5.74, 6) is 1.65. The molecule has 0 radical (unpaired) electrons. The maximum Gasteiger partial charge on any atom is 0.223 e. The van der Waals surface area contributed by atoms with E-state index in [1.54, 1.807) is 0 Å². The van der Waals surface area contributed by atoms with E-state index in [1.807, 2.05) is 16.8 Å². The van der Waals surface area contributed by atoms with Gasteiger partial charge in [0.2, 0.25) is 5.95 Å². The number of rotatable bonds is 12. The van der Waals surface area contributed by atoms with E-state index in [2.05, 4.69) is 77.2 Å². The summed E-state index contributed by atoms with van der Waals surface area (Å²) in [4.78, 5) is 9.38. The van der Waals surface area contributed by atoms with Crippen LogP contribution in [0.1, 0.15) is 71.6 Å². The molecule has 5 rings (SSSR count). The van der Waals surface area contributed by atoms with Crippen LogP contribution in [0.25, 0.3) is 28.0 Å². The lowest BCUT2D eigenvalue weighted by atomic mass is 9.95. The monoisotopic (exact) mass is 511 g/mol. The van der Waals surface area contributed by atoms with Crippen LogP contribution in [0.15, 0.2) is 54.7 Å². The fourth-order valence-corrected chi connectivity index (χ4v) is 5.22. The molecule has 4 aromatic rings. The zero-order valence-electron chi connectivity index (χ0n) is 22.8. The Labute approximate surface area is 226 Å². The number of pyridine rings is 1. The smallest absolute Gasteiger partial charge is 0.223 e. The fraction of sp³-hybridized carbons (Fsp3) is 0.452. The van der Waals surface area contributed by atoms with Crippen LogP contribution >= 0.6 is 0 Å². The first-order chi connectivity index (χ1) is 18.8. The van der Waals surface area contributed by atoms with E-state index in [9.17, 15) is 0 Å². The van der Waals surface area contributed by atoms with Crippen molar-refractivity contribution in [3.63, 3.8) is 0 Å². The van der Waals surface area contributed by atoms with Crippen LogP contribution in [0.5, 0.6) is 0 Å². The van der Waals surface area contributed by atoms with Crippen LogP contribution in [0.3, 0.4) is 0 Å². The molecule has 0 unspecified atom stereocenters. The molecule has 38 heavy (non-hydrogen) atoms. The topological polar surface area (TPSA) is 79.2 Å². The van der Waals surface area contributed by atoms with E-state index < -0.39 is 0 Å². The lowest BCUT2D eigenvalue weighted by Gasteiger charge is -2.23. The number of aromatic nitrogens is 4. The third-order valence-corrected chi connectivity index (χ3v) is 7.35. The van der Waals surface area contributed by atoms with Crippen LogP contribution < -0.4 is 16.0 Å². The zero-order chi connectivity index (χ0) is 26.2. The van der Waals surface area contributed by atoms with Crippen molar-refractivity contribution in [1.29, 1.82) is 0 Å². The Morgan fingerprint density at radius 2 is 1.63 bits per heavy atom. The molecule has 0 aliphatic heterocycles. The molecule has 3 heterocycles. The Bertz CT molecular complexity index is 1310. The van der Waals surface area contributed by atoms with Crippen LogP contribution in [-0.2, 0) is 0 Å². The molecule has 3 N–H and O–H groups in total. The van der Waals surface area contributed by atoms with E-state index in [-0.39, 0.29) is 0 Å². The van der Waals surface area contributed by atoms with Crippen molar-refractivity contribution >= 4 is 23.0 Å². The lowest BCUT2D eigenvalue weighted by molar-refractivity contribution is 0.463. The minimum Gasteiger partial charge on any atom is -0.382 e. The number of unbranched alkanes of at least 4 members (excludes halogenated alkanes) is 2. The van der Waals surface area contributed by atoms with E-state index in [0.717, 1.165) is 72.6 Å². The summed E-state index contributed by atoms with van der Waals surface area (Å²) < 4.78 is 2.03. The van der Waals surface area contributed by atoms with Crippen molar-refractivity contribution in [1.82, 2.24) is 19.6 Å². The molecular weight excluding hydrogens is 470 g/mol. The van der Waals surface area contributed by atoms with Crippen LogP contribution in [0, 0.1) is 0 Å². The Kier molecular flexibility index (Phi) is 8.74. The summed E-state index contributed by atoms with van der Waals surface area (Å²) in [7, 11) is 0. The van der Waals surface area contributed by atoms with E-state index in [1.165, 1.54) is 37.8 Å². The lowest BCUT2D eigenvalue weighted by Crippen LogP contribution is -2.22. The Morgan fingerprint density at radius 1 is 0.868 bits per heavy atom. The summed E-state index contributed by atoms with van der Waals surface area (Å²) in [5.41, 5.74) is 6.12. The summed E-state index contributed by atoms with van der Waals surface area (Å²) in [5, 5.41) is 15.8. The third kappa shape index (κ3) is 6.09. The summed E-state index contributed by atoms with van der Waals surface area (Å²) >= 11 is 0. The van der Waals surface area contributed by atoms with Gasteiger partial charge in [0.1, 0.15) is 11.5 Å².